The summed E-state index contributed by atoms with van der Waals surface area (Å²) in [6, 6.07) is 7.93. The Kier molecular flexibility index (Phi) is 5.16. The molecule has 1 heterocycles. The second-order valence-electron chi connectivity index (χ2n) is 4.68. The Bertz CT molecular complexity index is 780. The van der Waals surface area contributed by atoms with Crippen molar-refractivity contribution >= 4 is 27.3 Å². The van der Waals surface area contributed by atoms with Gasteiger partial charge in [-0.1, -0.05) is 17.7 Å². The highest BCUT2D eigenvalue weighted by molar-refractivity contribution is 7.92. The van der Waals surface area contributed by atoms with Crippen molar-refractivity contribution in [2.45, 2.75) is 12.6 Å². The summed E-state index contributed by atoms with van der Waals surface area (Å²) in [5.41, 5.74) is -0.711. The van der Waals surface area contributed by atoms with Gasteiger partial charge in [0.15, 0.2) is 0 Å². The van der Waals surface area contributed by atoms with Gasteiger partial charge in [-0.05, 0) is 30.3 Å². The van der Waals surface area contributed by atoms with Crippen LogP contribution in [0.25, 0.3) is 0 Å². The molecule has 0 saturated carbocycles. The van der Waals surface area contributed by atoms with Crippen LogP contribution in [0, 0.1) is 0 Å². The number of halogens is 4. The zero-order valence-electron chi connectivity index (χ0n) is 11.6. The Labute approximate surface area is 136 Å². The molecule has 0 fully saturated rings. The molecule has 2 aromatic rings. The van der Waals surface area contributed by atoms with E-state index in [-0.39, 0.29) is 17.9 Å². The molecular weight excluding hydrogens is 353 g/mol. The van der Waals surface area contributed by atoms with Gasteiger partial charge in [0.1, 0.15) is 0 Å². The molecule has 1 aromatic heterocycles. The van der Waals surface area contributed by atoms with Gasteiger partial charge < -0.3 is 0 Å². The number of rotatable bonds is 5. The van der Waals surface area contributed by atoms with Gasteiger partial charge in [0.2, 0.25) is 10.0 Å². The average Bonchev–Trinajstić information content (AvgIpc) is 2.47. The number of benzene rings is 1. The second-order valence-corrected chi connectivity index (χ2v) is 6.93. The fourth-order valence-electron chi connectivity index (χ4n) is 1.82. The van der Waals surface area contributed by atoms with Gasteiger partial charge in [0.25, 0.3) is 0 Å². The van der Waals surface area contributed by atoms with E-state index in [1.165, 1.54) is 12.3 Å². The van der Waals surface area contributed by atoms with Crippen molar-refractivity contribution in [3.63, 3.8) is 0 Å². The van der Waals surface area contributed by atoms with E-state index in [4.69, 9.17) is 11.6 Å². The van der Waals surface area contributed by atoms with Crippen LogP contribution < -0.4 is 4.72 Å². The van der Waals surface area contributed by atoms with E-state index < -0.39 is 26.8 Å². The van der Waals surface area contributed by atoms with E-state index in [1.54, 1.807) is 18.2 Å². The SMILES string of the molecule is O=S(=O)(CCc1ccccn1)Nc1ccc(Cl)c(C(F)(F)F)c1. The third-order valence-electron chi connectivity index (χ3n) is 2.90. The lowest BCUT2D eigenvalue weighted by atomic mass is 10.2. The molecule has 1 aromatic carbocycles. The van der Waals surface area contributed by atoms with Crippen molar-refractivity contribution in [1.82, 2.24) is 4.98 Å². The molecule has 0 aliphatic rings. The van der Waals surface area contributed by atoms with Crippen molar-refractivity contribution < 1.29 is 21.6 Å². The lowest BCUT2D eigenvalue weighted by molar-refractivity contribution is -0.137. The van der Waals surface area contributed by atoms with Crippen LogP contribution in [0.15, 0.2) is 42.6 Å². The van der Waals surface area contributed by atoms with Gasteiger partial charge >= 0.3 is 6.18 Å². The predicted octanol–water partition coefficient (Wildman–Crippen LogP) is 3.74. The van der Waals surface area contributed by atoms with E-state index in [9.17, 15) is 21.6 Å². The molecule has 9 heteroatoms. The van der Waals surface area contributed by atoms with Crippen molar-refractivity contribution in [3.05, 3.63) is 58.9 Å². The standard InChI is InChI=1S/C14H12ClF3N2O2S/c15-13-5-4-11(9-12(13)14(16,17)18)20-23(21,22)8-6-10-3-1-2-7-19-10/h1-5,7,9,20H,6,8H2. The van der Waals surface area contributed by atoms with Crippen molar-refractivity contribution in [3.8, 4) is 0 Å². The first kappa shape index (κ1) is 17.6. The number of hydrogen-bond donors (Lipinski definition) is 1. The molecule has 0 spiro atoms. The molecule has 1 N–H and O–H groups in total. The number of hydrogen-bond acceptors (Lipinski definition) is 3. The summed E-state index contributed by atoms with van der Waals surface area (Å²) in [6.45, 7) is 0. The zero-order valence-corrected chi connectivity index (χ0v) is 13.2. The normalized spacial score (nSPS) is 12.2. The maximum atomic E-state index is 12.8. The van der Waals surface area contributed by atoms with E-state index in [0.29, 0.717) is 11.8 Å². The Morgan fingerprint density at radius 3 is 2.52 bits per heavy atom. The summed E-state index contributed by atoms with van der Waals surface area (Å²) in [5.74, 6) is -0.298. The Balaban J connectivity index is 2.11. The quantitative estimate of drug-likeness (QED) is 0.879. The molecule has 0 radical (unpaired) electrons. The average molecular weight is 365 g/mol. The van der Waals surface area contributed by atoms with Crippen LogP contribution in [-0.4, -0.2) is 19.2 Å². The fraction of sp³-hybridized carbons (Fsp3) is 0.214. The maximum absolute atomic E-state index is 12.8. The summed E-state index contributed by atoms with van der Waals surface area (Å²) in [7, 11) is -3.81. The van der Waals surface area contributed by atoms with Gasteiger partial charge in [0, 0.05) is 24.0 Å². The Hall–Kier alpha value is -1.80. The molecule has 0 bridgehead atoms. The minimum Gasteiger partial charge on any atom is -0.284 e. The molecule has 23 heavy (non-hydrogen) atoms. The van der Waals surface area contributed by atoms with Crippen LogP contribution in [0.5, 0.6) is 0 Å². The summed E-state index contributed by atoms with van der Waals surface area (Å²) >= 11 is 5.49. The number of anilines is 1. The number of nitrogens with zero attached hydrogens (tertiary/aromatic N) is 1. The van der Waals surface area contributed by atoms with Crippen molar-refractivity contribution in [1.29, 1.82) is 0 Å². The van der Waals surface area contributed by atoms with Crippen molar-refractivity contribution in [2.24, 2.45) is 0 Å². The van der Waals surface area contributed by atoms with Crippen LogP contribution in [-0.2, 0) is 22.6 Å². The smallest absolute Gasteiger partial charge is 0.284 e. The van der Waals surface area contributed by atoms with E-state index in [2.05, 4.69) is 9.71 Å². The highest BCUT2D eigenvalue weighted by Crippen LogP contribution is 2.36. The maximum Gasteiger partial charge on any atom is 0.417 e. The third kappa shape index (κ3) is 5.11. The minimum absolute atomic E-state index is 0.149. The molecule has 0 aliphatic heterocycles. The van der Waals surface area contributed by atoms with Gasteiger partial charge in [0.05, 0.1) is 16.3 Å². The minimum atomic E-state index is -4.66. The van der Waals surface area contributed by atoms with Gasteiger partial charge in [-0.15, -0.1) is 0 Å². The lowest BCUT2D eigenvalue weighted by Gasteiger charge is -2.12. The number of alkyl halides is 3. The van der Waals surface area contributed by atoms with Crippen LogP contribution in [0.1, 0.15) is 11.3 Å². The number of pyridine rings is 1. The van der Waals surface area contributed by atoms with Crippen molar-refractivity contribution in [2.75, 3.05) is 10.5 Å². The fourth-order valence-corrected chi connectivity index (χ4v) is 3.11. The predicted molar refractivity (Wildman–Crippen MR) is 81.8 cm³/mol. The van der Waals surface area contributed by atoms with Crippen LogP contribution in [0.2, 0.25) is 5.02 Å². The molecule has 0 unspecified atom stereocenters. The summed E-state index contributed by atoms with van der Waals surface area (Å²) in [4.78, 5) is 3.99. The largest absolute Gasteiger partial charge is 0.417 e. The molecule has 0 amide bonds. The highest BCUT2D eigenvalue weighted by Gasteiger charge is 2.33. The number of aryl methyl sites for hydroxylation is 1. The highest BCUT2D eigenvalue weighted by atomic mass is 35.5. The van der Waals surface area contributed by atoms with Crippen LogP contribution in [0.4, 0.5) is 18.9 Å². The monoisotopic (exact) mass is 364 g/mol. The second kappa shape index (κ2) is 6.76. The Morgan fingerprint density at radius 2 is 1.91 bits per heavy atom. The van der Waals surface area contributed by atoms with Crippen LogP contribution >= 0.6 is 11.6 Å². The number of aromatic nitrogens is 1. The number of nitrogens with one attached hydrogen (secondary N) is 1. The van der Waals surface area contributed by atoms with Gasteiger partial charge in [-0.3, -0.25) is 9.71 Å². The van der Waals surface area contributed by atoms with Gasteiger partial charge in [-0.25, -0.2) is 8.42 Å². The molecule has 0 saturated heterocycles. The molecular formula is C14H12ClF3N2O2S. The molecule has 0 atom stereocenters. The Morgan fingerprint density at radius 1 is 1.17 bits per heavy atom. The first-order valence-electron chi connectivity index (χ1n) is 6.44. The van der Waals surface area contributed by atoms with Crippen LogP contribution in [0.3, 0.4) is 0 Å². The first-order chi connectivity index (χ1) is 10.7. The van der Waals surface area contributed by atoms with E-state index >= 15 is 0 Å². The molecule has 2 rings (SSSR count). The summed E-state index contributed by atoms with van der Waals surface area (Å²) in [5, 5.41) is -0.492. The molecule has 0 aliphatic carbocycles. The summed E-state index contributed by atoms with van der Waals surface area (Å²) in [6.07, 6.45) is -2.98. The zero-order chi connectivity index (χ0) is 17.1. The van der Waals surface area contributed by atoms with Gasteiger partial charge in [-0.2, -0.15) is 13.2 Å². The first-order valence-corrected chi connectivity index (χ1v) is 8.47. The number of sulfonamides is 1. The van der Waals surface area contributed by atoms with E-state index in [0.717, 1.165) is 6.07 Å². The molecule has 4 nitrogen and oxygen atoms in total. The lowest BCUT2D eigenvalue weighted by Crippen LogP contribution is -2.19. The summed E-state index contributed by atoms with van der Waals surface area (Å²) < 4.78 is 64.3. The van der Waals surface area contributed by atoms with E-state index in [1.807, 2.05) is 0 Å². The topological polar surface area (TPSA) is 59.1 Å². The molecule has 124 valence electrons. The third-order valence-corrected chi connectivity index (χ3v) is 4.52.